The van der Waals surface area contributed by atoms with Gasteiger partial charge in [-0.2, -0.15) is 0 Å². The Hall–Kier alpha value is -2.75. The Kier molecular flexibility index (Phi) is 11.2. The van der Waals surface area contributed by atoms with Crippen LogP contribution in [0.15, 0.2) is 65.2 Å². The number of aliphatic hydroxyl groups is 1. The number of hydrogen-bond donors (Lipinski definition) is 1. The predicted molar refractivity (Wildman–Crippen MR) is 150 cm³/mol. The van der Waals surface area contributed by atoms with E-state index in [1.807, 2.05) is 48.5 Å². The van der Waals surface area contributed by atoms with E-state index in [-0.39, 0.29) is 6.61 Å². The summed E-state index contributed by atoms with van der Waals surface area (Å²) in [7, 11) is 0. The lowest BCUT2D eigenvalue weighted by molar-refractivity contribution is 0.00213. The molecule has 3 aromatic rings. The van der Waals surface area contributed by atoms with Crippen molar-refractivity contribution < 1.29 is 19.1 Å². The van der Waals surface area contributed by atoms with Crippen molar-refractivity contribution in [1.29, 1.82) is 0 Å². The molecule has 1 saturated heterocycles. The van der Waals surface area contributed by atoms with Crippen LogP contribution in [-0.2, 0) is 22.6 Å². The van der Waals surface area contributed by atoms with Gasteiger partial charge in [-0.05, 0) is 19.4 Å². The number of aromatic nitrogens is 1. The van der Waals surface area contributed by atoms with Crippen LogP contribution in [0.5, 0.6) is 0 Å². The molecule has 2 aromatic carbocycles. The van der Waals surface area contributed by atoms with Gasteiger partial charge in [-0.25, -0.2) is 0 Å². The Labute approximate surface area is 226 Å². The number of rotatable bonds is 15. The summed E-state index contributed by atoms with van der Waals surface area (Å²) < 4.78 is 17.3. The van der Waals surface area contributed by atoms with Crippen molar-refractivity contribution in [2.45, 2.75) is 33.1 Å². The van der Waals surface area contributed by atoms with Crippen LogP contribution >= 0.6 is 0 Å². The van der Waals surface area contributed by atoms with Gasteiger partial charge in [0.25, 0.3) is 0 Å². The Morgan fingerprint density at radius 1 is 1.00 bits per heavy atom. The fourth-order valence-corrected chi connectivity index (χ4v) is 4.83. The highest BCUT2D eigenvalue weighted by Crippen LogP contribution is 2.32. The number of ether oxygens (including phenoxy) is 2. The summed E-state index contributed by atoms with van der Waals surface area (Å²) in [6.07, 6.45) is -0.611. The summed E-state index contributed by atoms with van der Waals surface area (Å²) in [5.41, 5.74) is 4.05. The first kappa shape index (κ1) is 28.3. The van der Waals surface area contributed by atoms with Gasteiger partial charge in [0.15, 0.2) is 0 Å². The van der Waals surface area contributed by atoms with E-state index in [4.69, 9.17) is 14.0 Å². The first-order chi connectivity index (χ1) is 18.7. The maximum Gasteiger partial charge on any atom is 0.232 e. The van der Waals surface area contributed by atoms with Gasteiger partial charge in [0.1, 0.15) is 5.69 Å². The molecule has 0 radical (unpaired) electrons. The van der Waals surface area contributed by atoms with Crippen LogP contribution in [0.2, 0.25) is 0 Å². The van der Waals surface area contributed by atoms with Crippen molar-refractivity contribution in [3.63, 3.8) is 0 Å². The molecule has 1 atom stereocenters. The SMILES string of the molecule is CCN(CC)c1onc(-c2ccccc2)c1CN(CCN1CCOCC1)CC(O)COCc1ccccc1. The zero-order valence-corrected chi connectivity index (χ0v) is 22.8. The molecular weight excluding hydrogens is 480 g/mol. The molecular formula is C30H42N4O4. The minimum Gasteiger partial charge on any atom is -0.389 e. The minimum atomic E-state index is -0.611. The lowest BCUT2D eigenvalue weighted by Gasteiger charge is -2.31. The number of benzene rings is 2. The van der Waals surface area contributed by atoms with E-state index in [1.54, 1.807) is 0 Å². The second-order valence-electron chi connectivity index (χ2n) is 9.70. The molecule has 38 heavy (non-hydrogen) atoms. The Balaban J connectivity index is 1.50. The van der Waals surface area contributed by atoms with Crippen molar-refractivity contribution in [3.8, 4) is 11.3 Å². The molecule has 1 N–H and O–H groups in total. The second-order valence-corrected chi connectivity index (χ2v) is 9.70. The van der Waals surface area contributed by atoms with E-state index in [1.165, 1.54) is 0 Å². The molecule has 1 aliphatic rings. The second kappa shape index (κ2) is 15.0. The van der Waals surface area contributed by atoms with Gasteiger partial charge < -0.3 is 24.0 Å². The molecule has 1 aliphatic heterocycles. The average Bonchev–Trinajstić information content (AvgIpc) is 3.37. The highest BCUT2D eigenvalue weighted by atomic mass is 16.5. The summed E-state index contributed by atoms with van der Waals surface area (Å²) in [6, 6.07) is 20.2. The average molecular weight is 523 g/mol. The van der Waals surface area contributed by atoms with Crippen molar-refractivity contribution in [3.05, 3.63) is 71.8 Å². The summed E-state index contributed by atoms with van der Waals surface area (Å²) in [4.78, 5) is 6.93. The third-order valence-electron chi connectivity index (χ3n) is 6.97. The first-order valence-corrected chi connectivity index (χ1v) is 13.8. The topological polar surface area (TPSA) is 74.4 Å². The molecule has 8 heteroatoms. The molecule has 1 aromatic heterocycles. The number of hydrogen-bond acceptors (Lipinski definition) is 8. The predicted octanol–water partition coefficient (Wildman–Crippen LogP) is 3.90. The van der Waals surface area contributed by atoms with Gasteiger partial charge in [0, 0.05) is 57.9 Å². The summed E-state index contributed by atoms with van der Waals surface area (Å²) in [5.74, 6) is 0.806. The maximum absolute atomic E-state index is 11.0. The van der Waals surface area contributed by atoms with Crippen LogP contribution in [0.25, 0.3) is 11.3 Å². The van der Waals surface area contributed by atoms with Gasteiger partial charge in [-0.3, -0.25) is 9.80 Å². The molecule has 0 aliphatic carbocycles. The van der Waals surface area contributed by atoms with Crippen molar-refractivity contribution in [2.24, 2.45) is 0 Å². The van der Waals surface area contributed by atoms with E-state index >= 15 is 0 Å². The number of morpholine rings is 1. The van der Waals surface area contributed by atoms with Gasteiger partial charge in [-0.15, -0.1) is 0 Å². The Morgan fingerprint density at radius 2 is 1.68 bits per heavy atom. The smallest absolute Gasteiger partial charge is 0.232 e. The van der Waals surface area contributed by atoms with Crippen molar-refractivity contribution >= 4 is 5.88 Å². The van der Waals surface area contributed by atoms with Crippen LogP contribution in [-0.4, -0.2) is 91.8 Å². The van der Waals surface area contributed by atoms with Gasteiger partial charge in [0.2, 0.25) is 5.88 Å². The molecule has 4 rings (SSSR count). The van der Waals surface area contributed by atoms with Gasteiger partial charge >= 0.3 is 0 Å². The van der Waals surface area contributed by atoms with E-state index in [2.05, 4.69) is 45.8 Å². The molecule has 206 valence electrons. The largest absolute Gasteiger partial charge is 0.389 e. The molecule has 0 spiro atoms. The normalized spacial score (nSPS) is 15.2. The third kappa shape index (κ3) is 8.12. The maximum atomic E-state index is 11.0. The van der Waals surface area contributed by atoms with Crippen LogP contribution in [0.3, 0.4) is 0 Å². The third-order valence-corrected chi connectivity index (χ3v) is 6.97. The standard InChI is InChI=1S/C30H42N4O4/c1-3-34(4-2)30-28(29(31-38-30)26-13-9-6-10-14-26)22-33(16-15-32-17-19-36-20-18-32)21-27(35)24-37-23-25-11-7-5-8-12-25/h5-14,27,35H,3-4,15-24H2,1-2H3. The van der Waals surface area contributed by atoms with E-state index in [0.717, 1.165) is 80.8 Å². The number of nitrogens with zero attached hydrogens (tertiary/aromatic N) is 4. The van der Waals surface area contributed by atoms with Crippen LogP contribution < -0.4 is 4.90 Å². The summed E-state index contributed by atoms with van der Waals surface area (Å²) in [5, 5.41) is 15.5. The van der Waals surface area contributed by atoms with E-state index < -0.39 is 6.10 Å². The number of anilines is 1. The van der Waals surface area contributed by atoms with Gasteiger partial charge in [-0.1, -0.05) is 65.8 Å². The summed E-state index contributed by atoms with van der Waals surface area (Å²) >= 11 is 0. The zero-order valence-electron chi connectivity index (χ0n) is 22.8. The fraction of sp³-hybridized carbons (Fsp3) is 0.500. The Morgan fingerprint density at radius 3 is 2.37 bits per heavy atom. The van der Waals surface area contributed by atoms with E-state index in [0.29, 0.717) is 19.7 Å². The lowest BCUT2D eigenvalue weighted by atomic mass is 10.1. The molecule has 2 heterocycles. The molecule has 8 nitrogen and oxygen atoms in total. The molecule has 1 unspecified atom stereocenters. The van der Waals surface area contributed by atoms with Crippen LogP contribution in [0.1, 0.15) is 25.0 Å². The molecule has 0 bridgehead atoms. The fourth-order valence-electron chi connectivity index (χ4n) is 4.83. The quantitative estimate of drug-likeness (QED) is 0.322. The number of aliphatic hydroxyl groups excluding tert-OH is 1. The molecule has 0 amide bonds. The zero-order chi connectivity index (χ0) is 26.6. The monoisotopic (exact) mass is 522 g/mol. The van der Waals surface area contributed by atoms with Crippen molar-refractivity contribution in [1.82, 2.24) is 15.0 Å². The minimum absolute atomic E-state index is 0.279. The van der Waals surface area contributed by atoms with Crippen LogP contribution in [0.4, 0.5) is 5.88 Å². The molecule has 0 saturated carbocycles. The van der Waals surface area contributed by atoms with Crippen LogP contribution in [0, 0.1) is 0 Å². The highest BCUT2D eigenvalue weighted by molar-refractivity contribution is 5.68. The van der Waals surface area contributed by atoms with E-state index in [9.17, 15) is 5.11 Å². The Bertz CT molecular complexity index is 1050. The lowest BCUT2D eigenvalue weighted by Crippen LogP contribution is -2.43. The summed E-state index contributed by atoms with van der Waals surface area (Å²) in [6.45, 7) is 12.9. The highest BCUT2D eigenvalue weighted by Gasteiger charge is 2.25. The molecule has 1 fully saturated rings. The first-order valence-electron chi connectivity index (χ1n) is 13.8. The van der Waals surface area contributed by atoms with Gasteiger partial charge in [0.05, 0.1) is 38.1 Å². The van der Waals surface area contributed by atoms with Crippen molar-refractivity contribution in [2.75, 3.05) is 70.5 Å².